The van der Waals surface area contributed by atoms with Crippen LogP contribution in [-0.4, -0.2) is 29.3 Å². The maximum atomic E-state index is 12.6. The zero-order valence-electron chi connectivity index (χ0n) is 15.6. The molecule has 0 saturated carbocycles. The van der Waals surface area contributed by atoms with Crippen LogP contribution < -0.4 is 21.1 Å². The quantitative estimate of drug-likeness (QED) is 0.472. The van der Waals surface area contributed by atoms with Crippen LogP contribution in [0.1, 0.15) is 11.1 Å². The Morgan fingerprint density at radius 2 is 1.80 bits per heavy atom. The first kappa shape index (κ1) is 21.0. The lowest BCUT2D eigenvalue weighted by Crippen LogP contribution is -2.49. The number of urea groups is 1. The van der Waals surface area contributed by atoms with E-state index in [4.69, 9.17) is 5.73 Å². The van der Waals surface area contributed by atoms with E-state index in [1.165, 1.54) is 12.1 Å². The first-order valence-corrected chi connectivity index (χ1v) is 8.94. The Morgan fingerprint density at radius 1 is 1.10 bits per heavy atom. The molecule has 10 heteroatoms. The molecule has 30 heavy (non-hydrogen) atoms. The fourth-order valence-electron chi connectivity index (χ4n) is 3.02. The molecule has 1 aromatic heterocycles. The van der Waals surface area contributed by atoms with E-state index in [0.717, 1.165) is 28.6 Å². The zero-order chi connectivity index (χ0) is 21.7. The van der Waals surface area contributed by atoms with Gasteiger partial charge in [-0.05, 0) is 29.3 Å². The van der Waals surface area contributed by atoms with Crippen LogP contribution in [0.3, 0.4) is 0 Å². The number of ether oxygens (including phenoxy) is 1. The van der Waals surface area contributed by atoms with E-state index in [1.807, 2.05) is 24.3 Å². The summed E-state index contributed by atoms with van der Waals surface area (Å²) < 4.78 is 40.5. The molecule has 3 amide bonds. The average Bonchev–Trinajstić information content (AvgIpc) is 3.08. The van der Waals surface area contributed by atoms with Crippen LogP contribution in [0.25, 0.3) is 10.9 Å². The summed E-state index contributed by atoms with van der Waals surface area (Å²) in [7, 11) is 0. The minimum absolute atomic E-state index is 0.0515. The van der Waals surface area contributed by atoms with Gasteiger partial charge in [0, 0.05) is 30.1 Å². The van der Waals surface area contributed by atoms with Crippen molar-refractivity contribution in [3.8, 4) is 5.75 Å². The maximum Gasteiger partial charge on any atom is 0.573 e. The number of alkyl halides is 3. The molecular formula is C20H19F3N4O3. The summed E-state index contributed by atoms with van der Waals surface area (Å²) in [4.78, 5) is 27.1. The molecule has 3 aromatic rings. The molecule has 0 aliphatic rings. The van der Waals surface area contributed by atoms with Crippen LogP contribution >= 0.6 is 0 Å². The van der Waals surface area contributed by atoms with Gasteiger partial charge in [-0.3, -0.25) is 4.79 Å². The van der Waals surface area contributed by atoms with Crippen molar-refractivity contribution in [1.82, 2.24) is 15.6 Å². The van der Waals surface area contributed by atoms with Crippen LogP contribution in [0.5, 0.6) is 5.75 Å². The maximum absolute atomic E-state index is 12.6. The number of hydrogen-bond acceptors (Lipinski definition) is 3. The minimum atomic E-state index is -4.77. The van der Waals surface area contributed by atoms with Gasteiger partial charge in [0.25, 0.3) is 0 Å². The number of nitrogens with one attached hydrogen (secondary N) is 3. The molecule has 7 nitrogen and oxygen atoms in total. The van der Waals surface area contributed by atoms with E-state index in [0.29, 0.717) is 5.56 Å². The van der Waals surface area contributed by atoms with Gasteiger partial charge in [0.05, 0.1) is 0 Å². The Morgan fingerprint density at radius 3 is 2.47 bits per heavy atom. The number of nitrogens with two attached hydrogens (primary N) is 1. The summed E-state index contributed by atoms with van der Waals surface area (Å²) in [6.45, 7) is 0.0515. The third-order valence-corrected chi connectivity index (χ3v) is 4.36. The number of halogens is 3. The number of aromatic amines is 1. The number of rotatable bonds is 7. The van der Waals surface area contributed by atoms with E-state index in [-0.39, 0.29) is 18.7 Å². The van der Waals surface area contributed by atoms with Gasteiger partial charge in [0.1, 0.15) is 11.8 Å². The third kappa shape index (κ3) is 5.66. The lowest BCUT2D eigenvalue weighted by atomic mass is 10.0. The lowest BCUT2D eigenvalue weighted by Gasteiger charge is -2.17. The average molecular weight is 420 g/mol. The normalized spacial score (nSPS) is 12.4. The number of hydrogen-bond donors (Lipinski definition) is 4. The monoisotopic (exact) mass is 420 g/mol. The molecule has 0 saturated heterocycles. The fourth-order valence-corrected chi connectivity index (χ4v) is 3.02. The number of primary amides is 1. The molecule has 0 spiro atoms. The highest BCUT2D eigenvalue weighted by molar-refractivity contribution is 5.88. The molecule has 0 bridgehead atoms. The SMILES string of the molecule is NC(=O)N[C@@H](Cc1c[nH]c2ccccc12)C(=O)NCc1ccc(OC(F)(F)F)cc1. The Kier molecular flexibility index (Phi) is 6.14. The van der Waals surface area contributed by atoms with E-state index in [9.17, 15) is 22.8 Å². The second-order valence-corrected chi connectivity index (χ2v) is 6.53. The number of carbonyl (C=O) groups is 2. The largest absolute Gasteiger partial charge is 0.573 e. The molecule has 0 aliphatic heterocycles. The highest BCUT2D eigenvalue weighted by Crippen LogP contribution is 2.23. The third-order valence-electron chi connectivity index (χ3n) is 4.36. The van der Waals surface area contributed by atoms with Gasteiger partial charge in [-0.1, -0.05) is 30.3 Å². The van der Waals surface area contributed by atoms with Gasteiger partial charge in [-0.15, -0.1) is 13.2 Å². The predicted molar refractivity (Wildman–Crippen MR) is 103 cm³/mol. The Hall–Kier alpha value is -3.69. The fraction of sp³-hybridized carbons (Fsp3) is 0.200. The molecule has 5 N–H and O–H groups in total. The first-order chi connectivity index (χ1) is 14.2. The van der Waals surface area contributed by atoms with Gasteiger partial charge < -0.3 is 26.1 Å². The standard InChI is InChI=1S/C20H19F3N4O3/c21-20(22,23)30-14-7-5-12(6-8-14)10-26-18(28)17(27-19(24)29)9-13-11-25-16-4-2-1-3-15(13)16/h1-8,11,17,25H,9-10H2,(H,26,28)(H3,24,27,29)/t17-/m0/s1. The molecule has 0 fully saturated rings. The second kappa shape index (κ2) is 8.76. The van der Waals surface area contributed by atoms with Crippen LogP contribution in [0.15, 0.2) is 54.7 Å². The van der Waals surface area contributed by atoms with E-state index in [2.05, 4.69) is 20.4 Å². The summed E-state index contributed by atoms with van der Waals surface area (Å²) >= 11 is 0. The van der Waals surface area contributed by atoms with Gasteiger partial charge in [-0.2, -0.15) is 0 Å². The number of H-pyrrole nitrogens is 1. The van der Waals surface area contributed by atoms with Crippen molar-refractivity contribution in [2.24, 2.45) is 5.73 Å². The van der Waals surface area contributed by atoms with E-state index in [1.54, 1.807) is 6.20 Å². The number of carbonyl (C=O) groups excluding carboxylic acids is 2. The van der Waals surface area contributed by atoms with Crippen LogP contribution in [0, 0.1) is 0 Å². The summed E-state index contributed by atoms with van der Waals surface area (Å²) in [6.07, 6.45) is -2.81. The molecule has 1 atom stereocenters. The first-order valence-electron chi connectivity index (χ1n) is 8.94. The highest BCUT2D eigenvalue weighted by atomic mass is 19.4. The van der Waals surface area contributed by atoms with Crippen molar-refractivity contribution in [3.63, 3.8) is 0 Å². The van der Waals surface area contributed by atoms with Gasteiger partial charge in [0.15, 0.2) is 0 Å². The summed E-state index contributed by atoms with van der Waals surface area (Å²) in [5, 5.41) is 5.99. The summed E-state index contributed by atoms with van der Waals surface area (Å²) in [5.74, 6) is -0.833. The number of fused-ring (bicyclic) bond motifs is 1. The van der Waals surface area contributed by atoms with Crippen molar-refractivity contribution in [2.75, 3.05) is 0 Å². The topological polar surface area (TPSA) is 109 Å². The molecular weight excluding hydrogens is 401 g/mol. The summed E-state index contributed by atoms with van der Waals surface area (Å²) in [6, 6.07) is 10.9. The predicted octanol–water partition coefficient (Wildman–Crippen LogP) is 2.96. The van der Waals surface area contributed by atoms with E-state index >= 15 is 0 Å². The Labute approximate surface area is 169 Å². The number of para-hydroxylation sites is 1. The molecule has 0 unspecified atom stereocenters. The van der Waals surface area contributed by atoms with Crippen molar-refractivity contribution in [3.05, 3.63) is 65.9 Å². The second-order valence-electron chi connectivity index (χ2n) is 6.53. The molecule has 158 valence electrons. The minimum Gasteiger partial charge on any atom is -0.406 e. The summed E-state index contributed by atoms with van der Waals surface area (Å²) in [5.41, 5.74) is 7.48. The van der Waals surface area contributed by atoms with Crippen LogP contribution in [0.4, 0.5) is 18.0 Å². The van der Waals surface area contributed by atoms with E-state index < -0.39 is 24.3 Å². The van der Waals surface area contributed by atoms with Crippen molar-refractivity contribution in [2.45, 2.75) is 25.4 Å². The Balaban J connectivity index is 1.65. The molecule has 1 heterocycles. The van der Waals surface area contributed by atoms with Crippen LogP contribution in [-0.2, 0) is 17.8 Å². The highest BCUT2D eigenvalue weighted by Gasteiger charge is 2.31. The molecule has 3 rings (SSSR count). The smallest absolute Gasteiger partial charge is 0.406 e. The van der Waals surface area contributed by atoms with Crippen molar-refractivity contribution >= 4 is 22.8 Å². The molecule has 0 aliphatic carbocycles. The number of amides is 3. The van der Waals surface area contributed by atoms with Gasteiger partial charge in [-0.25, -0.2) is 4.79 Å². The van der Waals surface area contributed by atoms with Gasteiger partial charge in [0.2, 0.25) is 5.91 Å². The van der Waals surface area contributed by atoms with Crippen LogP contribution in [0.2, 0.25) is 0 Å². The van der Waals surface area contributed by atoms with Crippen molar-refractivity contribution in [1.29, 1.82) is 0 Å². The lowest BCUT2D eigenvalue weighted by molar-refractivity contribution is -0.274. The molecule has 2 aromatic carbocycles. The number of benzene rings is 2. The zero-order valence-corrected chi connectivity index (χ0v) is 15.6. The van der Waals surface area contributed by atoms with Gasteiger partial charge >= 0.3 is 12.4 Å². The number of aromatic nitrogens is 1. The Bertz CT molecular complexity index is 1030. The molecule has 0 radical (unpaired) electrons. The van der Waals surface area contributed by atoms with Crippen molar-refractivity contribution < 1.29 is 27.5 Å².